The van der Waals surface area contributed by atoms with Gasteiger partial charge in [-0.05, 0) is 97.3 Å². The predicted octanol–water partition coefficient (Wildman–Crippen LogP) is 11.2. The molecule has 4 aromatic carbocycles. The van der Waals surface area contributed by atoms with E-state index in [4.69, 9.17) is 15.3 Å². The second kappa shape index (κ2) is 27.2. The highest BCUT2D eigenvalue weighted by Crippen LogP contribution is 2.33. The van der Waals surface area contributed by atoms with Gasteiger partial charge < -0.3 is 29.9 Å². The number of hydrazone groups is 1. The first-order valence-electron chi connectivity index (χ1n) is 21.0. The molecule has 4 heterocycles. The van der Waals surface area contributed by atoms with Crippen molar-refractivity contribution in [2.24, 2.45) is 10.9 Å². The molecule has 388 valence electrons. The first-order chi connectivity index (χ1) is 33.0. The van der Waals surface area contributed by atoms with Gasteiger partial charge in [-0.3, -0.25) is 10.2 Å². The third kappa shape index (κ3) is 16.8. The monoisotopic (exact) mass is 1010 g/mol. The molecule has 2 aromatic heterocycles. The van der Waals surface area contributed by atoms with Crippen LogP contribution in [0.3, 0.4) is 0 Å². The average molecular weight is 1020 g/mol. The van der Waals surface area contributed by atoms with Crippen molar-refractivity contribution in [3.8, 4) is 0 Å². The molecule has 15 nitrogen and oxygen atoms in total. The van der Waals surface area contributed by atoms with E-state index in [0.717, 1.165) is 59.6 Å². The SMILES string of the molecule is C.C.C.Cc1cc(Nc2cccc(C(F)(F)F)c2)ccc1/C=N/Nc1ncc(F)c(N2CCOCC2)n1.Cc1cc(Nc2cccc(C(F)(F)F)c2)ccc1C=O.NNc1ncc(F)c(N2CCOCC2)n1. The molecule has 2 aliphatic rings. The van der Waals surface area contributed by atoms with Gasteiger partial charge in [-0.2, -0.15) is 41.4 Å². The number of hydrazine groups is 1. The van der Waals surface area contributed by atoms with Gasteiger partial charge in [-0.15, -0.1) is 0 Å². The summed E-state index contributed by atoms with van der Waals surface area (Å²) in [6.45, 7) is 8.10. The van der Waals surface area contributed by atoms with Gasteiger partial charge in [0.05, 0.1) is 56.2 Å². The van der Waals surface area contributed by atoms with Gasteiger partial charge in [0.15, 0.2) is 23.3 Å². The van der Waals surface area contributed by atoms with Crippen molar-refractivity contribution in [3.05, 3.63) is 142 Å². The van der Waals surface area contributed by atoms with Gasteiger partial charge in [-0.25, -0.2) is 30.0 Å². The Kier molecular flexibility index (Phi) is 22.2. The number of carbonyl (C=O) groups excluding carboxylic acids is 1. The fraction of sp³-hybridized carbons (Fsp3) is 0.306. The Bertz CT molecular complexity index is 2700. The molecule has 2 saturated heterocycles. The number of rotatable bonds is 11. The normalized spacial score (nSPS) is 13.4. The molecule has 2 fully saturated rings. The molecule has 23 heteroatoms. The molecule has 0 unspecified atom stereocenters. The van der Waals surface area contributed by atoms with Crippen LogP contribution in [0.4, 0.5) is 81.4 Å². The van der Waals surface area contributed by atoms with Gasteiger partial charge in [0.2, 0.25) is 11.9 Å². The van der Waals surface area contributed by atoms with Crippen molar-refractivity contribution < 1.29 is 49.4 Å². The molecule has 6 N–H and O–H groups in total. The summed E-state index contributed by atoms with van der Waals surface area (Å²) in [7, 11) is 0. The average Bonchev–Trinajstić information content (AvgIpc) is 3.33. The lowest BCUT2D eigenvalue weighted by atomic mass is 10.1. The van der Waals surface area contributed by atoms with Gasteiger partial charge >= 0.3 is 12.4 Å². The molecule has 0 spiro atoms. The molecule has 8 rings (SSSR count). The zero-order chi connectivity index (χ0) is 49.6. The Morgan fingerprint density at radius 2 is 1.03 bits per heavy atom. The van der Waals surface area contributed by atoms with Crippen molar-refractivity contribution in [1.29, 1.82) is 0 Å². The highest BCUT2D eigenvalue weighted by Gasteiger charge is 2.31. The number of aromatic nitrogens is 4. The number of nitrogens with one attached hydrogen (secondary N) is 4. The molecular weight excluding hydrogens is 957 g/mol. The zero-order valence-electron chi connectivity index (χ0n) is 37.0. The Labute approximate surface area is 412 Å². The van der Waals surface area contributed by atoms with E-state index in [1.165, 1.54) is 12.1 Å². The van der Waals surface area contributed by atoms with E-state index >= 15 is 0 Å². The molecule has 6 aromatic rings. The molecule has 2 aliphatic heterocycles. The Morgan fingerprint density at radius 3 is 1.44 bits per heavy atom. The Morgan fingerprint density at radius 1 is 0.611 bits per heavy atom. The minimum atomic E-state index is -4.40. The second-order valence-corrected chi connectivity index (χ2v) is 15.1. The van der Waals surface area contributed by atoms with Crippen LogP contribution in [0.25, 0.3) is 0 Å². The van der Waals surface area contributed by atoms with Crippen molar-refractivity contribution in [2.45, 2.75) is 48.5 Å². The predicted molar refractivity (Wildman–Crippen MR) is 266 cm³/mol. The van der Waals surface area contributed by atoms with Crippen LogP contribution >= 0.6 is 0 Å². The minimum absolute atomic E-state index is 0. The van der Waals surface area contributed by atoms with Crippen LogP contribution in [0, 0.1) is 25.5 Å². The number of benzene rings is 4. The number of nitrogens with zero attached hydrogens (tertiary/aromatic N) is 7. The van der Waals surface area contributed by atoms with Crippen molar-refractivity contribution in [1.82, 2.24) is 19.9 Å². The first kappa shape index (κ1) is 58.8. The Hall–Kier alpha value is -7.50. The Balaban J connectivity index is 0.000000307. The summed E-state index contributed by atoms with van der Waals surface area (Å²) in [6, 6.07) is 20.3. The van der Waals surface area contributed by atoms with E-state index in [2.05, 4.69) is 46.5 Å². The van der Waals surface area contributed by atoms with Gasteiger partial charge in [0.1, 0.15) is 6.29 Å². The second-order valence-electron chi connectivity index (χ2n) is 15.1. The molecule has 0 amide bonds. The van der Waals surface area contributed by atoms with E-state index in [1.807, 2.05) is 6.92 Å². The number of aldehydes is 1. The number of carbonyl (C=O) groups is 1. The lowest BCUT2D eigenvalue weighted by Gasteiger charge is -2.27. The minimum Gasteiger partial charge on any atom is -0.378 e. The quantitative estimate of drug-likeness (QED) is 0.0272. The maximum atomic E-state index is 14.1. The summed E-state index contributed by atoms with van der Waals surface area (Å²) in [5, 5.41) is 10.0. The summed E-state index contributed by atoms with van der Waals surface area (Å²) < 4.78 is 115. The number of morpholine rings is 2. The molecule has 0 saturated carbocycles. The maximum absolute atomic E-state index is 14.1. The summed E-state index contributed by atoms with van der Waals surface area (Å²) in [5.74, 6) is 5.01. The van der Waals surface area contributed by atoms with Crippen LogP contribution in [-0.2, 0) is 21.8 Å². The fourth-order valence-corrected chi connectivity index (χ4v) is 6.66. The van der Waals surface area contributed by atoms with Crippen LogP contribution in [-0.4, -0.2) is 85.0 Å². The molecule has 0 radical (unpaired) electrons. The van der Waals surface area contributed by atoms with E-state index in [9.17, 15) is 39.9 Å². The van der Waals surface area contributed by atoms with Crippen LogP contribution in [0.1, 0.15) is 60.5 Å². The third-order valence-corrected chi connectivity index (χ3v) is 10.2. The number of hydrogen-bond donors (Lipinski definition) is 5. The van der Waals surface area contributed by atoms with Gasteiger partial charge in [0, 0.05) is 54.5 Å². The topological polar surface area (TPSA) is 180 Å². The number of anilines is 8. The molecule has 0 bridgehead atoms. The lowest BCUT2D eigenvalue weighted by Crippen LogP contribution is -2.37. The van der Waals surface area contributed by atoms with Crippen molar-refractivity contribution in [3.63, 3.8) is 0 Å². The number of ether oxygens (including phenoxy) is 2. The smallest absolute Gasteiger partial charge is 0.378 e. The number of halogens is 8. The van der Waals surface area contributed by atoms with Crippen LogP contribution in [0.5, 0.6) is 0 Å². The molecule has 0 aliphatic carbocycles. The van der Waals surface area contributed by atoms with E-state index in [-0.39, 0.29) is 45.8 Å². The van der Waals surface area contributed by atoms with Crippen LogP contribution in [0.15, 0.2) is 102 Å². The van der Waals surface area contributed by atoms with E-state index < -0.39 is 35.1 Å². The standard InChI is InChI=1S/C23H22F4N6O.C15H12F3NO.C8H12FN5O.3CH4/c1-15-11-19(30-18-4-2-3-17(12-18)23(25,26)27)6-5-16(15)13-29-32-22-28-14-20(24)21(31-22)33-7-9-34-10-8-33;1-10-7-14(6-5-11(10)9-20)19-13-4-2-3-12(8-13)15(16,17)18;9-6-5-11-8(13-10)12-7(6)14-1-3-15-4-2-14;;;/h2-6,11-14,30H,7-10H2,1H3,(H,28,31,32);2-9,19H,1H3;5H,1-4,10H2,(H,11,12,13);3*1H4/b29-13+;;;;;. The number of nitrogen functional groups attached to an aromatic ring is 1. The largest absolute Gasteiger partial charge is 0.416 e. The van der Waals surface area contributed by atoms with E-state index in [1.54, 1.807) is 71.5 Å². The number of aryl methyl sites for hydroxylation is 2. The highest BCUT2D eigenvalue weighted by molar-refractivity contribution is 5.83. The zero-order valence-corrected chi connectivity index (χ0v) is 37.0. The number of alkyl halides is 6. The van der Waals surface area contributed by atoms with Crippen LogP contribution < -0.4 is 37.1 Å². The van der Waals surface area contributed by atoms with Crippen LogP contribution in [0.2, 0.25) is 0 Å². The lowest BCUT2D eigenvalue weighted by molar-refractivity contribution is -0.138. The summed E-state index contributed by atoms with van der Waals surface area (Å²) >= 11 is 0. The summed E-state index contributed by atoms with van der Waals surface area (Å²) in [4.78, 5) is 30.1. The molecule has 72 heavy (non-hydrogen) atoms. The third-order valence-electron chi connectivity index (χ3n) is 10.2. The first-order valence-corrected chi connectivity index (χ1v) is 21.0. The van der Waals surface area contributed by atoms with Gasteiger partial charge in [-0.1, -0.05) is 40.5 Å². The molecule has 0 atom stereocenters. The fourth-order valence-electron chi connectivity index (χ4n) is 6.66. The number of nitrogens with two attached hydrogens (primary N) is 1. The number of hydrogen-bond acceptors (Lipinski definition) is 15. The maximum Gasteiger partial charge on any atom is 0.416 e. The summed E-state index contributed by atoms with van der Waals surface area (Å²) in [5.41, 5.74) is 8.45. The van der Waals surface area contributed by atoms with Crippen molar-refractivity contribution >= 4 is 58.8 Å². The van der Waals surface area contributed by atoms with E-state index in [0.29, 0.717) is 80.9 Å². The molecular formula is C49H58F8N12O3. The summed E-state index contributed by atoms with van der Waals surface area (Å²) in [6.07, 6.45) is -4.27. The van der Waals surface area contributed by atoms with Crippen molar-refractivity contribution in [2.75, 3.05) is 83.9 Å². The van der Waals surface area contributed by atoms with Gasteiger partial charge in [0.25, 0.3) is 0 Å². The highest BCUT2D eigenvalue weighted by atomic mass is 19.4.